The topological polar surface area (TPSA) is 29.3 Å². The van der Waals surface area contributed by atoms with Crippen molar-refractivity contribution >= 4 is 17.4 Å². The fraction of sp³-hybridized carbons (Fsp3) is 0.538. The van der Waals surface area contributed by atoms with E-state index in [1.807, 2.05) is 19.1 Å². The predicted octanol–water partition coefficient (Wildman–Crippen LogP) is 2.73. The molecule has 0 saturated heterocycles. The van der Waals surface area contributed by atoms with Gasteiger partial charge in [-0.3, -0.25) is 0 Å². The van der Waals surface area contributed by atoms with E-state index in [1.54, 1.807) is 17.8 Å². The smallest absolute Gasteiger partial charge is 0.146 e. The van der Waals surface area contributed by atoms with Gasteiger partial charge in [0.2, 0.25) is 0 Å². The number of nitrogens with zero attached hydrogens (tertiary/aromatic N) is 1. The van der Waals surface area contributed by atoms with Crippen LogP contribution in [0.5, 0.6) is 0 Å². The minimum absolute atomic E-state index is 0.169. The number of likely N-dealkylation sites (N-methyl/N-ethyl adjacent to an activating group) is 1. The Bertz CT molecular complexity index is 333. The summed E-state index contributed by atoms with van der Waals surface area (Å²) in [5, 5.41) is 0. The molecule has 1 atom stereocenters. The lowest BCUT2D eigenvalue weighted by atomic mass is 10.1. The Hall–Kier alpha value is -0.740. The zero-order valence-corrected chi connectivity index (χ0v) is 11.3. The fourth-order valence-corrected chi connectivity index (χ4v) is 2.47. The Morgan fingerprint density at radius 2 is 2.12 bits per heavy atom. The van der Waals surface area contributed by atoms with E-state index in [0.717, 1.165) is 18.7 Å². The Morgan fingerprint density at radius 3 is 2.65 bits per heavy atom. The second kappa shape index (κ2) is 7.56. The van der Waals surface area contributed by atoms with Crippen LogP contribution in [0.3, 0.4) is 0 Å². The van der Waals surface area contributed by atoms with Crippen molar-refractivity contribution < 1.29 is 4.39 Å². The third kappa shape index (κ3) is 3.89. The molecule has 0 heterocycles. The Balaban J connectivity index is 2.85. The van der Waals surface area contributed by atoms with Crippen molar-refractivity contribution in [3.63, 3.8) is 0 Å². The minimum Gasteiger partial charge on any atom is -0.365 e. The van der Waals surface area contributed by atoms with Gasteiger partial charge in [0.1, 0.15) is 5.82 Å². The quantitative estimate of drug-likeness (QED) is 0.813. The van der Waals surface area contributed by atoms with E-state index in [1.165, 1.54) is 6.07 Å². The van der Waals surface area contributed by atoms with E-state index in [2.05, 4.69) is 11.2 Å². The normalized spacial score (nSPS) is 12.5. The molecule has 0 bridgehead atoms. The average Bonchev–Trinajstić information content (AvgIpc) is 2.36. The molecule has 2 N–H and O–H groups in total. The standard InChI is InChI=1S/C13H21FN2S/c1-3-16(11(10-15)8-9-17-2)13-7-5-4-6-12(13)14/h4-7,11H,3,8-10,15H2,1-2H3. The zero-order valence-electron chi connectivity index (χ0n) is 10.5. The van der Waals surface area contributed by atoms with E-state index in [-0.39, 0.29) is 11.9 Å². The number of para-hydroxylation sites is 1. The van der Waals surface area contributed by atoms with Crippen LogP contribution >= 0.6 is 11.8 Å². The summed E-state index contributed by atoms with van der Waals surface area (Å²) in [5.41, 5.74) is 6.46. The van der Waals surface area contributed by atoms with Gasteiger partial charge in [-0.05, 0) is 37.5 Å². The van der Waals surface area contributed by atoms with Crippen LogP contribution in [-0.2, 0) is 0 Å². The number of benzene rings is 1. The molecule has 1 aromatic carbocycles. The summed E-state index contributed by atoms with van der Waals surface area (Å²) >= 11 is 1.80. The highest BCUT2D eigenvalue weighted by molar-refractivity contribution is 7.98. The van der Waals surface area contributed by atoms with Crippen LogP contribution in [0.25, 0.3) is 0 Å². The molecular formula is C13H21FN2S. The summed E-state index contributed by atoms with van der Waals surface area (Å²) in [4.78, 5) is 2.06. The van der Waals surface area contributed by atoms with E-state index in [9.17, 15) is 4.39 Å². The van der Waals surface area contributed by atoms with Gasteiger partial charge in [-0.25, -0.2) is 4.39 Å². The molecule has 1 rings (SSSR count). The van der Waals surface area contributed by atoms with Crippen molar-refractivity contribution in [2.45, 2.75) is 19.4 Å². The van der Waals surface area contributed by atoms with Gasteiger partial charge in [0, 0.05) is 19.1 Å². The monoisotopic (exact) mass is 256 g/mol. The van der Waals surface area contributed by atoms with Crippen LogP contribution in [-0.4, -0.2) is 31.1 Å². The Labute approximate surface area is 107 Å². The highest BCUT2D eigenvalue weighted by Gasteiger charge is 2.18. The number of hydrogen-bond donors (Lipinski definition) is 1. The van der Waals surface area contributed by atoms with Gasteiger partial charge in [-0.1, -0.05) is 12.1 Å². The van der Waals surface area contributed by atoms with Gasteiger partial charge in [0.15, 0.2) is 0 Å². The largest absolute Gasteiger partial charge is 0.365 e. The second-order valence-electron chi connectivity index (χ2n) is 3.91. The molecule has 0 aliphatic rings. The Kier molecular flexibility index (Phi) is 6.37. The number of thioether (sulfide) groups is 1. The van der Waals surface area contributed by atoms with Crippen molar-refractivity contribution in [2.75, 3.05) is 30.0 Å². The van der Waals surface area contributed by atoms with E-state index in [0.29, 0.717) is 12.2 Å². The molecule has 0 fully saturated rings. The molecule has 1 unspecified atom stereocenters. The lowest BCUT2D eigenvalue weighted by Gasteiger charge is -2.32. The molecule has 0 aliphatic carbocycles. The van der Waals surface area contributed by atoms with E-state index >= 15 is 0 Å². The van der Waals surface area contributed by atoms with Crippen molar-refractivity contribution in [2.24, 2.45) is 5.73 Å². The maximum Gasteiger partial charge on any atom is 0.146 e. The number of halogens is 1. The van der Waals surface area contributed by atoms with Crippen LogP contribution in [0.4, 0.5) is 10.1 Å². The summed E-state index contributed by atoms with van der Waals surface area (Å²) in [6.07, 6.45) is 3.06. The SMILES string of the molecule is CCN(c1ccccc1F)C(CN)CCSC. The van der Waals surface area contributed by atoms with Gasteiger partial charge >= 0.3 is 0 Å². The van der Waals surface area contributed by atoms with Crippen molar-refractivity contribution in [3.05, 3.63) is 30.1 Å². The summed E-state index contributed by atoms with van der Waals surface area (Å²) in [6, 6.07) is 7.11. The summed E-state index contributed by atoms with van der Waals surface area (Å²) in [6.45, 7) is 3.37. The summed E-state index contributed by atoms with van der Waals surface area (Å²) in [5.74, 6) is 0.879. The highest BCUT2D eigenvalue weighted by atomic mass is 32.2. The van der Waals surface area contributed by atoms with Gasteiger partial charge in [0.25, 0.3) is 0 Å². The average molecular weight is 256 g/mol. The molecular weight excluding hydrogens is 235 g/mol. The second-order valence-corrected chi connectivity index (χ2v) is 4.89. The first-order valence-electron chi connectivity index (χ1n) is 5.94. The molecule has 0 radical (unpaired) electrons. The number of nitrogens with two attached hydrogens (primary N) is 1. The fourth-order valence-electron chi connectivity index (χ4n) is 1.96. The molecule has 2 nitrogen and oxygen atoms in total. The molecule has 0 spiro atoms. The van der Waals surface area contributed by atoms with Gasteiger partial charge in [-0.2, -0.15) is 11.8 Å². The number of hydrogen-bond acceptors (Lipinski definition) is 3. The van der Waals surface area contributed by atoms with Crippen LogP contribution in [0.2, 0.25) is 0 Å². The first-order valence-corrected chi connectivity index (χ1v) is 7.34. The van der Waals surface area contributed by atoms with E-state index < -0.39 is 0 Å². The molecule has 0 aromatic heterocycles. The molecule has 96 valence electrons. The van der Waals surface area contributed by atoms with Crippen molar-refractivity contribution in [1.82, 2.24) is 0 Å². The maximum atomic E-state index is 13.8. The predicted molar refractivity (Wildman–Crippen MR) is 75.3 cm³/mol. The minimum atomic E-state index is -0.169. The van der Waals surface area contributed by atoms with Crippen LogP contribution < -0.4 is 10.6 Å². The van der Waals surface area contributed by atoms with Crippen LogP contribution in [0, 0.1) is 5.82 Å². The van der Waals surface area contributed by atoms with Gasteiger partial charge in [0.05, 0.1) is 5.69 Å². The third-order valence-corrected chi connectivity index (χ3v) is 3.51. The van der Waals surface area contributed by atoms with Crippen molar-refractivity contribution in [1.29, 1.82) is 0 Å². The lowest BCUT2D eigenvalue weighted by molar-refractivity contribution is 0.566. The van der Waals surface area contributed by atoms with Crippen LogP contribution in [0.15, 0.2) is 24.3 Å². The van der Waals surface area contributed by atoms with E-state index in [4.69, 9.17) is 5.73 Å². The number of rotatable bonds is 7. The van der Waals surface area contributed by atoms with Crippen LogP contribution in [0.1, 0.15) is 13.3 Å². The van der Waals surface area contributed by atoms with Gasteiger partial charge in [-0.15, -0.1) is 0 Å². The highest BCUT2D eigenvalue weighted by Crippen LogP contribution is 2.22. The molecule has 17 heavy (non-hydrogen) atoms. The third-order valence-electron chi connectivity index (χ3n) is 2.87. The van der Waals surface area contributed by atoms with Crippen molar-refractivity contribution in [3.8, 4) is 0 Å². The first kappa shape index (κ1) is 14.3. The molecule has 4 heteroatoms. The molecule has 0 aliphatic heterocycles. The maximum absolute atomic E-state index is 13.8. The Morgan fingerprint density at radius 1 is 1.41 bits per heavy atom. The molecule has 0 amide bonds. The first-order chi connectivity index (χ1) is 8.24. The number of anilines is 1. The molecule has 0 saturated carbocycles. The molecule has 1 aromatic rings. The van der Waals surface area contributed by atoms with Gasteiger partial charge < -0.3 is 10.6 Å². The zero-order chi connectivity index (χ0) is 12.7. The summed E-state index contributed by atoms with van der Waals surface area (Å²) in [7, 11) is 0. The lowest BCUT2D eigenvalue weighted by Crippen LogP contribution is -2.41. The summed E-state index contributed by atoms with van der Waals surface area (Å²) < 4.78 is 13.8.